The second-order valence-electron chi connectivity index (χ2n) is 8.95. The Labute approximate surface area is 190 Å². The minimum Gasteiger partial charge on any atom is -0.294 e. The lowest BCUT2D eigenvalue weighted by Crippen LogP contribution is -2.14. The highest BCUT2D eigenvalue weighted by atomic mass is 16.1. The van der Waals surface area contributed by atoms with Gasteiger partial charge >= 0.3 is 0 Å². The molecule has 0 spiro atoms. The van der Waals surface area contributed by atoms with E-state index in [1.54, 1.807) is 24.3 Å². The monoisotopic (exact) mass is 438 g/mol. The minimum atomic E-state index is -0.100. The molecule has 0 fully saturated rings. The molecule has 172 valence electrons. The van der Waals surface area contributed by atoms with Gasteiger partial charge in [-0.1, -0.05) is 61.5 Å². The number of ketones is 4. The Hall–Kier alpha value is -3.02. The summed E-state index contributed by atoms with van der Waals surface area (Å²) in [6, 6.07) is 6.65. The van der Waals surface area contributed by atoms with Gasteiger partial charge in [0, 0.05) is 47.2 Å². The third-order valence-corrected chi connectivity index (χ3v) is 4.66. The molecule has 0 saturated heterocycles. The third kappa shape index (κ3) is 7.59. The molecule has 2 rings (SSSR count). The molecule has 2 heterocycles. The number of nitrogens with zero attached hydrogens (tertiary/aromatic N) is 2. The highest BCUT2D eigenvalue weighted by Crippen LogP contribution is 2.13. The van der Waals surface area contributed by atoms with Gasteiger partial charge in [0.15, 0.2) is 23.1 Å². The fraction of sp³-hybridized carbons (Fsp3) is 0.462. The lowest BCUT2D eigenvalue weighted by Gasteiger charge is -2.07. The van der Waals surface area contributed by atoms with Crippen molar-refractivity contribution in [2.45, 2.75) is 55.4 Å². The van der Waals surface area contributed by atoms with Crippen LogP contribution in [0.4, 0.5) is 0 Å². The molecule has 0 bridgehead atoms. The van der Waals surface area contributed by atoms with E-state index in [2.05, 4.69) is 9.97 Å². The molecule has 0 aliphatic carbocycles. The van der Waals surface area contributed by atoms with Crippen molar-refractivity contribution >= 4 is 23.1 Å². The largest absolute Gasteiger partial charge is 0.294 e. The van der Waals surface area contributed by atoms with Crippen molar-refractivity contribution in [3.05, 3.63) is 59.2 Å². The van der Waals surface area contributed by atoms with Gasteiger partial charge in [0.25, 0.3) is 0 Å². The highest BCUT2D eigenvalue weighted by Gasteiger charge is 2.17. The third-order valence-electron chi connectivity index (χ3n) is 4.66. The van der Waals surface area contributed by atoms with Gasteiger partial charge in [-0.2, -0.15) is 0 Å². The van der Waals surface area contributed by atoms with Gasteiger partial charge < -0.3 is 0 Å². The van der Waals surface area contributed by atoms with E-state index in [1.165, 1.54) is 12.4 Å². The van der Waals surface area contributed by atoms with Crippen molar-refractivity contribution < 1.29 is 19.2 Å². The minimum absolute atomic E-state index is 0.0194. The number of hydrogen-bond acceptors (Lipinski definition) is 6. The summed E-state index contributed by atoms with van der Waals surface area (Å²) in [5, 5.41) is 0. The predicted molar refractivity (Wildman–Crippen MR) is 125 cm³/mol. The molecule has 2 aromatic heterocycles. The Bertz CT molecular complexity index is 825. The first-order valence-corrected chi connectivity index (χ1v) is 11.0. The summed E-state index contributed by atoms with van der Waals surface area (Å²) in [5.41, 5.74) is 1.78. The van der Waals surface area contributed by atoms with Gasteiger partial charge in [0.2, 0.25) is 0 Å². The Morgan fingerprint density at radius 1 is 0.594 bits per heavy atom. The average molecular weight is 439 g/mol. The van der Waals surface area contributed by atoms with Gasteiger partial charge in [-0.05, 0) is 18.2 Å². The molecule has 0 radical (unpaired) electrons. The van der Waals surface area contributed by atoms with Gasteiger partial charge in [0.05, 0.1) is 0 Å². The van der Waals surface area contributed by atoms with Crippen LogP contribution in [0.1, 0.15) is 97.1 Å². The Morgan fingerprint density at radius 2 is 0.938 bits per heavy atom. The predicted octanol–water partition coefficient (Wildman–Crippen LogP) is 5.52. The maximum Gasteiger partial charge on any atom is 0.183 e. The van der Waals surface area contributed by atoms with Crippen molar-refractivity contribution in [3.8, 4) is 0 Å². The van der Waals surface area contributed by atoms with Crippen LogP contribution in [0.25, 0.3) is 0 Å². The standard InChI is InChI=1S/2C13H17NO2/c1-8(2)12(15)10-5-11(7-14-6-10)13(16)9(3)4;1-8(2)12(15)10-6-5-7-11(14-10)13(16)9(3)4/h2*5-9H,1-4H3. The molecule has 6 nitrogen and oxygen atoms in total. The summed E-state index contributed by atoms with van der Waals surface area (Å²) in [4.78, 5) is 55.0. The zero-order valence-electron chi connectivity index (χ0n) is 20.3. The van der Waals surface area contributed by atoms with E-state index in [9.17, 15) is 19.2 Å². The van der Waals surface area contributed by atoms with Crippen molar-refractivity contribution in [2.24, 2.45) is 23.7 Å². The molecule has 0 aliphatic rings. The number of carbonyl (C=O) groups is 4. The summed E-state index contributed by atoms with van der Waals surface area (Å²) in [5.74, 6) is -0.375. The van der Waals surface area contributed by atoms with Gasteiger partial charge in [-0.3, -0.25) is 24.2 Å². The summed E-state index contributed by atoms with van der Waals surface area (Å²) < 4.78 is 0. The first-order chi connectivity index (χ1) is 14.9. The Balaban J connectivity index is 0.000000320. The lowest BCUT2D eigenvalue weighted by molar-refractivity contribution is 0.0918. The van der Waals surface area contributed by atoms with Crippen LogP contribution in [0.2, 0.25) is 0 Å². The van der Waals surface area contributed by atoms with Crippen LogP contribution in [0.5, 0.6) is 0 Å². The molecule has 0 saturated carbocycles. The molecule has 6 heteroatoms. The second kappa shape index (κ2) is 12.1. The van der Waals surface area contributed by atoms with E-state index in [0.717, 1.165) is 0 Å². The molecular weight excluding hydrogens is 404 g/mol. The number of rotatable bonds is 8. The van der Waals surface area contributed by atoms with Crippen LogP contribution in [-0.4, -0.2) is 33.1 Å². The normalized spacial score (nSPS) is 10.9. The van der Waals surface area contributed by atoms with Crippen molar-refractivity contribution in [1.29, 1.82) is 0 Å². The summed E-state index contributed by atoms with van der Waals surface area (Å²) >= 11 is 0. The van der Waals surface area contributed by atoms with E-state index in [1.807, 2.05) is 55.4 Å². The molecule has 0 aliphatic heterocycles. The lowest BCUT2D eigenvalue weighted by atomic mass is 9.97. The maximum absolute atomic E-state index is 11.7. The van der Waals surface area contributed by atoms with Crippen molar-refractivity contribution in [2.75, 3.05) is 0 Å². The molecule has 0 unspecified atom stereocenters. The molecule has 0 aromatic carbocycles. The van der Waals surface area contributed by atoms with Crippen molar-refractivity contribution in [3.63, 3.8) is 0 Å². The van der Waals surface area contributed by atoms with E-state index in [0.29, 0.717) is 22.5 Å². The number of Topliss-reactive ketones (excluding diaryl/α,β-unsaturated/α-hetero) is 4. The first-order valence-electron chi connectivity index (χ1n) is 11.0. The first kappa shape index (κ1) is 27.0. The summed E-state index contributed by atoms with van der Waals surface area (Å²) in [7, 11) is 0. The van der Waals surface area contributed by atoms with E-state index < -0.39 is 0 Å². The van der Waals surface area contributed by atoms with Crippen LogP contribution in [0.3, 0.4) is 0 Å². The van der Waals surface area contributed by atoms with E-state index in [-0.39, 0.29) is 46.8 Å². The zero-order valence-corrected chi connectivity index (χ0v) is 20.3. The van der Waals surface area contributed by atoms with Crippen LogP contribution >= 0.6 is 0 Å². The van der Waals surface area contributed by atoms with E-state index >= 15 is 0 Å². The smallest absolute Gasteiger partial charge is 0.183 e. The quantitative estimate of drug-likeness (QED) is 0.504. The highest BCUT2D eigenvalue weighted by molar-refractivity contribution is 6.02. The Morgan fingerprint density at radius 3 is 1.25 bits per heavy atom. The van der Waals surface area contributed by atoms with Crippen LogP contribution in [0.15, 0.2) is 36.7 Å². The van der Waals surface area contributed by atoms with Gasteiger partial charge in [-0.25, -0.2) is 4.98 Å². The van der Waals surface area contributed by atoms with Crippen LogP contribution in [-0.2, 0) is 0 Å². The Kier molecular flexibility index (Phi) is 10.2. The summed E-state index contributed by atoms with van der Waals surface area (Å²) in [6.07, 6.45) is 3.03. The fourth-order valence-electron chi connectivity index (χ4n) is 2.68. The molecule has 0 atom stereocenters. The molecule has 32 heavy (non-hydrogen) atoms. The van der Waals surface area contributed by atoms with Crippen LogP contribution in [0, 0.1) is 23.7 Å². The number of pyridine rings is 2. The van der Waals surface area contributed by atoms with Gasteiger partial charge in [-0.15, -0.1) is 0 Å². The molecular formula is C26H34N2O4. The number of hydrogen-bond donors (Lipinski definition) is 0. The second-order valence-corrected chi connectivity index (χ2v) is 8.95. The number of carbonyl (C=O) groups excluding carboxylic acids is 4. The summed E-state index contributed by atoms with van der Waals surface area (Å²) in [6.45, 7) is 14.6. The number of aromatic nitrogens is 2. The topological polar surface area (TPSA) is 94.1 Å². The fourth-order valence-corrected chi connectivity index (χ4v) is 2.68. The zero-order chi connectivity index (χ0) is 24.6. The SMILES string of the molecule is CC(C)C(=O)c1cccc(C(=O)C(C)C)n1.CC(C)C(=O)c1cncc(C(=O)C(C)C)c1. The molecule has 2 aromatic rings. The molecule has 0 amide bonds. The molecule has 0 N–H and O–H groups in total. The van der Waals surface area contributed by atoms with Gasteiger partial charge in [0.1, 0.15) is 11.4 Å². The maximum atomic E-state index is 11.7. The van der Waals surface area contributed by atoms with E-state index in [4.69, 9.17) is 0 Å². The van der Waals surface area contributed by atoms with Crippen molar-refractivity contribution in [1.82, 2.24) is 9.97 Å². The average Bonchev–Trinajstić information content (AvgIpc) is 2.77. The van der Waals surface area contributed by atoms with Crippen LogP contribution < -0.4 is 0 Å².